The largest absolute Gasteiger partial charge is 0.378 e. The van der Waals surface area contributed by atoms with Crippen molar-refractivity contribution in [3.8, 4) is 0 Å². The molecule has 1 heterocycles. The summed E-state index contributed by atoms with van der Waals surface area (Å²) in [5, 5.41) is 3.07. The van der Waals surface area contributed by atoms with E-state index in [1.54, 1.807) is 7.11 Å². The van der Waals surface area contributed by atoms with Gasteiger partial charge < -0.3 is 10.1 Å². The number of anilines is 1. The fraction of sp³-hybridized carbons (Fsp3) is 0.667. The molecule has 0 aromatic carbocycles. The SMILES string of the molecule is CNc1cc(COC)nc(C2CC2(C)C)n1. The summed E-state index contributed by atoms with van der Waals surface area (Å²) in [6.45, 7) is 5.05. The predicted octanol–water partition coefficient (Wildman–Crippen LogP) is 2.18. The van der Waals surface area contributed by atoms with E-state index >= 15 is 0 Å². The van der Waals surface area contributed by atoms with Crippen LogP contribution in [0.1, 0.15) is 37.7 Å². The van der Waals surface area contributed by atoms with Gasteiger partial charge in [0.15, 0.2) is 0 Å². The first-order chi connectivity index (χ1) is 7.56. The Morgan fingerprint density at radius 3 is 2.69 bits per heavy atom. The Morgan fingerprint density at radius 1 is 1.50 bits per heavy atom. The highest BCUT2D eigenvalue weighted by Gasteiger charge is 2.48. The van der Waals surface area contributed by atoms with Crippen LogP contribution in [0.4, 0.5) is 5.82 Å². The van der Waals surface area contributed by atoms with Crippen molar-refractivity contribution in [1.82, 2.24) is 9.97 Å². The average molecular weight is 221 g/mol. The Labute approximate surface area is 96.4 Å². The fourth-order valence-corrected chi connectivity index (χ4v) is 1.93. The second-order valence-electron chi connectivity index (χ2n) is 5.03. The molecule has 1 N–H and O–H groups in total. The first kappa shape index (κ1) is 11.3. The number of nitrogens with zero attached hydrogens (tertiary/aromatic N) is 2. The number of rotatable bonds is 4. The van der Waals surface area contributed by atoms with E-state index < -0.39 is 0 Å². The normalized spacial score (nSPS) is 21.9. The van der Waals surface area contributed by atoms with Gasteiger partial charge in [-0.1, -0.05) is 13.8 Å². The molecule has 1 aliphatic rings. The van der Waals surface area contributed by atoms with Crippen LogP contribution in [0.5, 0.6) is 0 Å². The Kier molecular flexibility index (Phi) is 2.84. The maximum absolute atomic E-state index is 5.12. The molecule has 4 heteroatoms. The molecule has 1 saturated carbocycles. The van der Waals surface area contributed by atoms with Gasteiger partial charge in [-0.05, 0) is 11.8 Å². The van der Waals surface area contributed by atoms with E-state index in [-0.39, 0.29) is 0 Å². The van der Waals surface area contributed by atoms with Gasteiger partial charge in [0, 0.05) is 26.1 Å². The summed E-state index contributed by atoms with van der Waals surface area (Å²) < 4.78 is 5.12. The van der Waals surface area contributed by atoms with Crippen LogP contribution in [0.25, 0.3) is 0 Å². The van der Waals surface area contributed by atoms with E-state index in [1.165, 1.54) is 6.42 Å². The molecule has 1 aromatic heterocycles. The first-order valence-corrected chi connectivity index (χ1v) is 5.61. The number of hydrogen-bond acceptors (Lipinski definition) is 4. The summed E-state index contributed by atoms with van der Waals surface area (Å²) in [5.74, 6) is 2.32. The van der Waals surface area contributed by atoms with Gasteiger partial charge in [0.05, 0.1) is 12.3 Å². The molecule has 1 fully saturated rings. The zero-order valence-corrected chi connectivity index (χ0v) is 10.4. The molecule has 0 saturated heterocycles. The fourth-order valence-electron chi connectivity index (χ4n) is 1.93. The summed E-state index contributed by atoms with van der Waals surface area (Å²) >= 11 is 0. The zero-order chi connectivity index (χ0) is 11.8. The van der Waals surface area contributed by atoms with Gasteiger partial charge in [-0.15, -0.1) is 0 Å². The molecule has 1 unspecified atom stereocenters. The summed E-state index contributed by atoms with van der Waals surface area (Å²) in [6.07, 6.45) is 1.17. The van der Waals surface area contributed by atoms with Crippen molar-refractivity contribution in [3.05, 3.63) is 17.6 Å². The number of methoxy groups -OCH3 is 1. The van der Waals surface area contributed by atoms with E-state index in [9.17, 15) is 0 Å². The van der Waals surface area contributed by atoms with Crippen molar-refractivity contribution in [2.24, 2.45) is 5.41 Å². The lowest BCUT2D eigenvalue weighted by Gasteiger charge is -2.08. The molecule has 1 atom stereocenters. The van der Waals surface area contributed by atoms with Crippen LogP contribution in [-0.4, -0.2) is 24.1 Å². The average Bonchev–Trinajstić information content (AvgIpc) is 2.88. The highest BCUT2D eigenvalue weighted by atomic mass is 16.5. The summed E-state index contributed by atoms with van der Waals surface area (Å²) in [6, 6.07) is 1.93. The van der Waals surface area contributed by atoms with E-state index in [2.05, 4.69) is 29.1 Å². The van der Waals surface area contributed by atoms with Crippen LogP contribution < -0.4 is 5.32 Å². The van der Waals surface area contributed by atoms with Gasteiger partial charge >= 0.3 is 0 Å². The molecule has 0 spiro atoms. The number of nitrogens with one attached hydrogen (secondary N) is 1. The minimum atomic E-state index is 0.358. The third-order valence-corrected chi connectivity index (χ3v) is 3.17. The second-order valence-corrected chi connectivity index (χ2v) is 5.03. The topological polar surface area (TPSA) is 47.0 Å². The van der Waals surface area contributed by atoms with Crippen molar-refractivity contribution in [1.29, 1.82) is 0 Å². The lowest BCUT2D eigenvalue weighted by atomic mass is 10.1. The first-order valence-electron chi connectivity index (χ1n) is 5.61. The van der Waals surface area contributed by atoms with Crippen LogP contribution in [0, 0.1) is 5.41 Å². The zero-order valence-electron chi connectivity index (χ0n) is 10.4. The second kappa shape index (κ2) is 4.01. The standard InChI is InChI=1S/C12H19N3O/c1-12(2)6-9(12)11-14-8(7-16-4)5-10(13-3)15-11/h5,9H,6-7H2,1-4H3,(H,13,14,15). The van der Waals surface area contributed by atoms with Gasteiger partial charge in [0.1, 0.15) is 11.6 Å². The van der Waals surface area contributed by atoms with Gasteiger partial charge in [0.2, 0.25) is 0 Å². The van der Waals surface area contributed by atoms with Crippen molar-refractivity contribution in [2.75, 3.05) is 19.5 Å². The number of hydrogen-bond donors (Lipinski definition) is 1. The van der Waals surface area contributed by atoms with Crippen molar-refractivity contribution >= 4 is 5.82 Å². The number of aromatic nitrogens is 2. The molecule has 88 valence electrons. The Morgan fingerprint density at radius 2 is 2.19 bits per heavy atom. The van der Waals surface area contributed by atoms with Crippen LogP contribution >= 0.6 is 0 Å². The molecule has 4 nitrogen and oxygen atoms in total. The molecular formula is C12H19N3O. The Hall–Kier alpha value is -1.16. The minimum Gasteiger partial charge on any atom is -0.378 e. The molecular weight excluding hydrogens is 202 g/mol. The van der Waals surface area contributed by atoms with Crippen LogP contribution in [0.15, 0.2) is 6.07 Å². The summed E-state index contributed by atoms with van der Waals surface area (Å²) in [5.41, 5.74) is 1.30. The van der Waals surface area contributed by atoms with Gasteiger partial charge in [-0.25, -0.2) is 9.97 Å². The molecule has 2 rings (SSSR count). The molecule has 1 aromatic rings. The van der Waals surface area contributed by atoms with Gasteiger partial charge in [-0.3, -0.25) is 0 Å². The molecule has 0 radical (unpaired) electrons. The quantitative estimate of drug-likeness (QED) is 0.846. The molecule has 0 bridgehead atoms. The van der Waals surface area contributed by atoms with E-state index in [1.807, 2.05) is 13.1 Å². The van der Waals surface area contributed by atoms with Crippen molar-refractivity contribution < 1.29 is 4.74 Å². The van der Waals surface area contributed by atoms with E-state index in [0.29, 0.717) is 17.9 Å². The monoisotopic (exact) mass is 221 g/mol. The third-order valence-electron chi connectivity index (χ3n) is 3.17. The maximum atomic E-state index is 5.12. The molecule has 16 heavy (non-hydrogen) atoms. The molecule has 1 aliphatic carbocycles. The summed E-state index contributed by atoms with van der Waals surface area (Å²) in [7, 11) is 3.56. The van der Waals surface area contributed by atoms with Gasteiger partial charge in [-0.2, -0.15) is 0 Å². The lowest BCUT2D eigenvalue weighted by molar-refractivity contribution is 0.181. The third kappa shape index (κ3) is 2.16. The smallest absolute Gasteiger partial charge is 0.134 e. The highest BCUT2D eigenvalue weighted by molar-refractivity contribution is 5.36. The molecule has 0 aliphatic heterocycles. The van der Waals surface area contributed by atoms with E-state index in [0.717, 1.165) is 17.3 Å². The Bertz CT molecular complexity index is 390. The van der Waals surface area contributed by atoms with Crippen molar-refractivity contribution in [3.63, 3.8) is 0 Å². The maximum Gasteiger partial charge on any atom is 0.134 e. The lowest BCUT2D eigenvalue weighted by Crippen LogP contribution is -2.05. The highest BCUT2D eigenvalue weighted by Crippen LogP contribution is 2.57. The Balaban J connectivity index is 2.27. The number of ether oxygens (including phenoxy) is 1. The summed E-state index contributed by atoms with van der Waals surface area (Å²) in [4.78, 5) is 9.07. The minimum absolute atomic E-state index is 0.358. The van der Waals surface area contributed by atoms with Crippen LogP contribution in [-0.2, 0) is 11.3 Å². The van der Waals surface area contributed by atoms with Gasteiger partial charge in [0.25, 0.3) is 0 Å². The van der Waals surface area contributed by atoms with E-state index in [4.69, 9.17) is 4.74 Å². The van der Waals surface area contributed by atoms with Crippen LogP contribution in [0.2, 0.25) is 0 Å². The predicted molar refractivity (Wildman–Crippen MR) is 63.4 cm³/mol. The molecule has 0 amide bonds. The van der Waals surface area contributed by atoms with Crippen molar-refractivity contribution in [2.45, 2.75) is 32.8 Å². The van der Waals surface area contributed by atoms with Crippen LogP contribution in [0.3, 0.4) is 0 Å².